The van der Waals surface area contributed by atoms with Gasteiger partial charge < -0.3 is 9.13 Å². The number of halogens is 2. The van der Waals surface area contributed by atoms with Crippen molar-refractivity contribution in [1.82, 2.24) is 19.1 Å². The molecule has 0 amide bonds. The van der Waals surface area contributed by atoms with Crippen LogP contribution in [0.4, 0.5) is 0 Å². The Labute approximate surface area is 127 Å². The van der Waals surface area contributed by atoms with Gasteiger partial charge in [-0.25, -0.2) is 9.97 Å². The monoisotopic (exact) mass is 308 g/mol. The summed E-state index contributed by atoms with van der Waals surface area (Å²) in [5.41, 5.74) is 1.83. The van der Waals surface area contributed by atoms with Crippen LogP contribution in [0.15, 0.2) is 30.6 Å². The summed E-state index contributed by atoms with van der Waals surface area (Å²) in [5.74, 6) is 2.23. The summed E-state index contributed by atoms with van der Waals surface area (Å²) >= 11 is 12.3. The number of benzene rings is 1. The smallest absolute Gasteiger partial charge is 0.124 e. The molecule has 0 radical (unpaired) electrons. The van der Waals surface area contributed by atoms with Crippen LogP contribution < -0.4 is 0 Å². The van der Waals surface area contributed by atoms with Gasteiger partial charge in [0.2, 0.25) is 0 Å². The zero-order valence-electron chi connectivity index (χ0n) is 11.1. The lowest BCUT2D eigenvalue weighted by Crippen LogP contribution is -2.08. The second-order valence-corrected chi connectivity index (χ2v) is 5.30. The van der Waals surface area contributed by atoms with Gasteiger partial charge in [-0.2, -0.15) is 0 Å². The molecule has 0 fully saturated rings. The van der Waals surface area contributed by atoms with Gasteiger partial charge in [-0.3, -0.25) is 0 Å². The van der Waals surface area contributed by atoms with Gasteiger partial charge in [0.1, 0.15) is 11.6 Å². The molecular formula is C14H14Cl2N4. The first-order valence-electron chi connectivity index (χ1n) is 6.36. The lowest BCUT2D eigenvalue weighted by atomic mass is 10.3. The fraction of sp³-hybridized carbons (Fsp3) is 0.286. The first-order valence-corrected chi connectivity index (χ1v) is 7.27. The van der Waals surface area contributed by atoms with E-state index in [9.17, 15) is 0 Å². The van der Waals surface area contributed by atoms with Crippen molar-refractivity contribution >= 4 is 34.2 Å². The van der Waals surface area contributed by atoms with E-state index in [-0.39, 0.29) is 0 Å². The number of rotatable bonds is 4. The van der Waals surface area contributed by atoms with E-state index >= 15 is 0 Å². The number of fused-ring (bicyclic) bond motifs is 1. The molecule has 20 heavy (non-hydrogen) atoms. The molecule has 0 aliphatic carbocycles. The predicted octanol–water partition coefficient (Wildman–Crippen LogP) is 3.40. The van der Waals surface area contributed by atoms with Crippen LogP contribution >= 0.6 is 23.2 Å². The Morgan fingerprint density at radius 2 is 2.10 bits per heavy atom. The predicted molar refractivity (Wildman–Crippen MR) is 81.2 cm³/mol. The summed E-state index contributed by atoms with van der Waals surface area (Å²) in [6.45, 7) is 0.757. The highest BCUT2D eigenvalue weighted by Crippen LogP contribution is 2.25. The first-order chi connectivity index (χ1) is 9.70. The highest BCUT2D eigenvalue weighted by Gasteiger charge is 2.13. The highest BCUT2D eigenvalue weighted by molar-refractivity contribution is 6.35. The summed E-state index contributed by atoms with van der Waals surface area (Å²) in [5, 5.41) is 0.700. The van der Waals surface area contributed by atoms with Gasteiger partial charge in [0.25, 0.3) is 0 Å². The molecule has 0 atom stereocenters. The second kappa shape index (κ2) is 5.46. The Hall–Kier alpha value is -1.52. The van der Waals surface area contributed by atoms with Crippen molar-refractivity contribution in [2.45, 2.75) is 18.8 Å². The Kier molecular flexibility index (Phi) is 3.68. The Balaban J connectivity index is 1.99. The third-order valence-electron chi connectivity index (χ3n) is 3.40. The minimum Gasteiger partial charge on any atom is -0.338 e. The van der Waals surface area contributed by atoms with E-state index in [1.165, 1.54) is 0 Å². The van der Waals surface area contributed by atoms with E-state index in [0.717, 1.165) is 35.6 Å². The summed E-state index contributed by atoms with van der Waals surface area (Å²) in [4.78, 5) is 8.87. The van der Waals surface area contributed by atoms with Crippen LogP contribution in [0.1, 0.15) is 11.6 Å². The van der Waals surface area contributed by atoms with Gasteiger partial charge in [0.15, 0.2) is 0 Å². The van der Waals surface area contributed by atoms with Crippen molar-refractivity contribution in [3.8, 4) is 0 Å². The first kappa shape index (κ1) is 13.5. The third kappa shape index (κ3) is 2.30. The Morgan fingerprint density at radius 1 is 1.25 bits per heavy atom. The zero-order chi connectivity index (χ0) is 14.1. The molecule has 3 aromatic rings. The molecule has 1 aromatic carbocycles. The summed E-state index contributed by atoms with van der Waals surface area (Å²) in [7, 11) is 1.99. The van der Waals surface area contributed by atoms with E-state index in [0.29, 0.717) is 10.9 Å². The summed E-state index contributed by atoms with van der Waals surface area (Å²) in [6, 6.07) is 5.73. The van der Waals surface area contributed by atoms with Crippen molar-refractivity contribution in [2.75, 3.05) is 0 Å². The minimum absolute atomic E-state index is 0.367. The topological polar surface area (TPSA) is 35.6 Å². The van der Waals surface area contributed by atoms with Crippen molar-refractivity contribution in [3.05, 3.63) is 47.3 Å². The number of hydrogen-bond donors (Lipinski definition) is 0. The minimum atomic E-state index is 0.367. The fourth-order valence-corrected chi connectivity index (χ4v) is 2.86. The highest BCUT2D eigenvalue weighted by atomic mass is 35.5. The molecule has 2 heterocycles. The average molecular weight is 309 g/mol. The molecule has 0 saturated carbocycles. The zero-order valence-corrected chi connectivity index (χ0v) is 12.6. The molecule has 0 spiro atoms. The maximum absolute atomic E-state index is 6.30. The van der Waals surface area contributed by atoms with E-state index in [4.69, 9.17) is 23.2 Å². The largest absolute Gasteiger partial charge is 0.338 e. The van der Waals surface area contributed by atoms with Crippen molar-refractivity contribution in [2.24, 2.45) is 7.05 Å². The van der Waals surface area contributed by atoms with Gasteiger partial charge >= 0.3 is 0 Å². The van der Waals surface area contributed by atoms with Gasteiger partial charge in [0.05, 0.1) is 21.9 Å². The molecule has 0 aliphatic heterocycles. The molecule has 0 bridgehead atoms. The maximum Gasteiger partial charge on any atom is 0.124 e. The van der Waals surface area contributed by atoms with Gasteiger partial charge in [0, 0.05) is 32.4 Å². The van der Waals surface area contributed by atoms with Crippen LogP contribution in [0.5, 0.6) is 0 Å². The molecule has 2 aromatic heterocycles. The number of alkyl halides is 1. The number of aromatic nitrogens is 4. The average Bonchev–Trinajstić information content (AvgIpc) is 3.00. The fourth-order valence-electron chi connectivity index (χ4n) is 2.38. The van der Waals surface area contributed by atoms with Gasteiger partial charge in [-0.1, -0.05) is 17.7 Å². The van der Waals surface area contributed by atoms with E-state index < -0.39 is 0 Å². The third-order valence-corrected chi connectivity index (χ3v) is 3.94. The molecule has 0 N–H and O–H groups in total. The van der Waals surface area contributed by atoms with E-state index in [2.05, 4.69) is 14.5 Å². The standard InChI is InChI=1S/C14H14Cl2N4/c1-19-8-6-17-12(19)5-7-20-13(9-15)18-11-4-2-3-10(16)14(11)20/h2-4,6,8H,5,7,9H2,1H3. The van der Waals surface area contributed by atoms with Crippen molar-refractivity contribution < 1.29 is 0 Å². The molecule has 3 rings (SSSR count). The molecule has 4 nitrogen and oxygen atoms in total. The maximum atomic E-state index is 6.30. The SMILES string of the molecule is Cn1ccnc1CCn1c(CCl)nc2cccc(Cl)c21. The normalized spacial score (nSPS) is 11.3. The molecular weight excluding hydrogens is 295 g/mol. The van der Waals surface area contributed by atoms with E-state index in [1.807, 2.05) is 36.0 Å². The number of para-hydroxylation sites is 1. The Bertz CT molecular complexity index is 745. The number of aryl methyl sites for hydroxylation is 3. The number of nitrogens with zero attached hydrogens (tertiary/aromatic N) is 4. The van der Waals surface area contributed by atoms with Crippen LogP contribution in [-0.2, 0) is 25.9 Å². The molecule has 0 unspecified atom stereocenters. The van der Waals surface area contributed by atoms with Crippen LogP contribution in [0.25, 0.3) is 11.0 Å². The molecule has 104 valence electrons. The Morgan fingerprint density at radius 3 is 2.80 bits per heavy atom. The number of imidazole rings is 2. The lowest BCUT2D eigenvalue weighted by molar-refractivity contribution is 0.646. The van der Waals surface area contributed by atoms with Crippen LogP contribution in [-0.4, -0.2) is 19.1 Å². The van der Waals surface area contributed by atoms with Gasteiger partial charge in [-0.05, 0) is 12.1 Å². The molecule has 6 heteroatoms. The summed E-state index contributed by atoms with van der Waals surface area (Å²) in [6.07, 6.45) is 4.55. The van der Waals surface area contributed by atoms with Crippen molar-refractivity contribution in [1.29, 1.82) is 0 Å². The second-order valence-electron chi connectivity index (χ2n) is 4.63. The lowest BCUT2D eigenvalue weighted by Gasteiger charge is -2.08. The van der Waals surface area contributed by atoms with Crippen LogP contribution in [0.2, 0.25) is 5.02 Å². The van der Waals surface area contributed by atoms with Crippen LogP contribution in [0, 0.1) is 0 Å². The van der Waals surface area contributed by atoms with Gasteiger partial charge in [-0.15, -0.1) is 11.6 Å². The van der Waals surface area contributed by atoms with Crippen LogP contribution in [0.3, 0.4) is 0 Å². The van der Waals surface area contributed by atoms with E-state index in [1.54, 1.807) is 6.20 Å². The van der Waals surface area contributed by atoms with Crippen molar-refractivity contribution in [3.63, 3.8) is 0 Å². The molecule has 0 saturated heterocycles. The molecule has 0 aliphatic rings. The quantitative estimate of drug-likeness (QED) is 0.692. The number of hydrogen-bond acceptors (Lipinski definition) is 2. The summed E-state index contributed by atoms with van der Waals surface area (Å²) < 4.78 is 4.10.